The summed E-state index contributed by atoms with van der Waals surface area (Å²) in [6, 6.07) is 13.7. The zero-order valence-electron chi connectivity index (χ0n) is 19.9. The lowest BCUT2D eigenvalue weighted by molar-refractivity contribution is -0.116. The summed E-state index contributed by atoms with van der Waals surface area (Å²) >= 11 is 0. The molecule has 2 aromatic carbocycles. The van der Waals surface area contributed by atoms with E-state index in [4.69, 9.17) is 9.26 Å². The Morgan fingerprint density at radius 1 is 1.11 bits per heavy atom. The molecule has 1 amide bonds. The van der Waals surface area contributed by atoms with E-state index in [0.717, 1.165) is 24.2 Å². The number of nitrogens with one attached hydrogen (secondary N) is 1. The van der Waals surface area contributed by atoms with Gasteiger partial charge in [0.15, 0.2) is 0 Å². The van der Waals surface area contributed by atoms with Crippen LogP contribution in [0.1, 0.15) is 38.5 Å². The normalized spacial score (nSPS) is 15.1. The van der Waals surface area contributed by atoms with Gasteiger partial charge in [-0.15, -0.1) is 0 Å². The van der Waals surface area contributed by atoms with Crippen LogP contribution in [0, 0.1) is 5.92 Å². The van der Waals surface area contributed by atoms with E-state index in [1.54, 1.807) is 31.4 Å². The van der Waals surface area contributed by atoms with Crippen LogP contribution in [0.4, 0.5) is 5.69 Å². The standard InChI is InChI=1S/C25H30N4O5S/c1-18-14-16-29(17-15-18)35(31,32)22-12-8-20(9-13-22)26-23(30)4-3-5-24-27-25(28-34-24)19-6-10-21(33-2)11-7-19/h6-13,18H,3-5,14-17H2,1-2H3,(H,26,30). The molecule has 3 aromatic rings. The van der Waals surface area contributed by atoms with E-state index in [1.807, 2.05) is 24.3 Å². The van der Waals surface area contributed by atoms with Gasteiger partial charge < -0.3 is 14.6 Å². The number of hydrogen-bond donors (Lipinski definition) is 1. The quantitative estimate of drug-likeness (QED) is 0.472. The van der Waals surface area contributed by atoms with E-state index in [9.17, 15) is 13.2 Å². The third-order valence-corrected chi connectivity index (χ3v) is 8.04. The molecule has 1 fully saturated rings. The van der Waals surface area contributed by atoms with Crippen LogP contribution in [0.5, 0.6) is 5.75 Å². The SMILES string of the molecule is COc1ccc(-c2noc(CCCC(=O)Nc3ccc(S(=O)(=O)N4CCC(C)CC4)cc3)n2)cc1. The van der Waals surface area contributed by atoms with Gasteiger partial charge in [0, 0.05) is 37.2 Å². The van der Waals surface area contributed by atoms with Crippen LogP contribution in [-0.2, 0) is 21.2 Å². The van der Waals surface area contributed by atoms with Crippen LogP contribution < -0.4 is 10.1 Å². The fraction of sp³-hybridized carbons (Fsp3) is 0.400. The van der Waals surface area contributed by atoms with E-state index < -0.39 is 10.0 Å². The van der Waals surface area contributed by atoms with Crippen LogP contribution in [0.25, 0.3) is 11.4 Å². The maximum Gasteiger partial charge on any atom is 0.243 e. The Balaban J connectivity index is 1.25. The number of aryl methyl sites for hydroxylation is 1. The molecule has 0 spiro atoms. The van der Waals surface area contributed by atoms with Crippen molar-refractivity contribution in [1.82, 2.24) is 14.4 Å². The third-order valence-electron chi connectivity index (χ3n) is 6.13. The molecule has 0 saturated carbocycles. The molecule has 2 heterocycles. The molecule has 0 unspecified atom stereocenters. The van der Waals surface area contributed by atoms with Gasteiger partial charge in [-0.25, -0.2) is 8.42 Å². The van der Waals surface area contributed by atoms with Crippen LogP contribution in [-0.4, -0.2) is 49.0 Å². The summed E-state index contributed by atoms with van der Waals surface area (Å²) in [5.41, 5.74) is 1.37. The Kier molecular flexibility index (Phi) is 7.82. The number of carbonyl (C=O) groups is 1. The molecular weight excluding hydrogens is 468 g/mol. The predicted octanol–water partition coefficient (Wildman–Crippen LogP) is 4.13. The maximum atomic E-state index is 12.8. The van der Waals surface area contributed by atoms with Crippen LogP contribution >= 0.6 is 0 Å². The largest absolute Gasteiger partial charge is 0.497 e. The topological polar surface area (TPSA) is 115 Å². The Morgan fingerprint density at radius 3 is 2.46 bits per heavy atom. The lowest BCUT2D eigenvalue weighted by Gasteiger charge is -2.29. The van der Waals surface area contributed by atoms with Crippen molar-refractivity contribution < 1.29 is 22.5 Å². The fourth-order valence-electron chi connectivity index (χ4n) is 3.92. The second-order valence-corrected chi connectivity index (χ2v) is 10.7. The molecule has 1 aliphatic heterocycles. The second kappa shape index (κ2) is 11.0. The van der Waals surface area contributed by atoms with Crippen LogP contribution in [0.2, 0.25) is 0 Å². The first-order valence-electron chi connectivity index (χ1n) is 11.7. The summed E-state index contributed by atoms with van der Waals surface area (Å²) in [5, 5.41) is 6.80. The van der Waals surface area contributed by atoms with Gasteiger partial charge >= 0.3 is 0 Å². The summed E-state index contributed by atoms with van der Waals surface area (Å²) < 4.78 is 37.7. The molecule has 10 heteroatoms. The molecule has 1 aromatic heterocycles. The first kappa shape index (κ1) is 24.9. The zero-order valence-corrected chi connectivity index (χ0v) is 20.8. The van der Waals surface area contributed by atoms with Gasteiger partial charge in [-0.05, 0) is 73.7 Å². The van der Waals surface area contributed by atoms with Crippen LogP contribution in [0.15, 0.2) is 57.9 Å². The number of ether oxygens (including phenoxy) is 1. The van der Waals surface area contributed by atoms with Gasteiger partial charge in [-0.3, -0.25) is 4.79 Å². The number of piperidine rings is 1. The summed E-state index contributed by atoms with van der Waals surface area (Å²) in [7, 11) is -1.90. The minimum Gasteiger partial charge on any atom is -0.497 e. The lowest BCUT2D eigenvalue weighted by atomic mass is 10.0. The van der Waals surface area contributed by atoms with Crippen molar-refractivity contribution in [2.75, 3.05) is 25.5 Å². The van der Waals surface area contributed by atoms with E-state index in [-0.39, 0.29) is 17.2 Å². The molecule has 0 atom stereocenters. The zero-order chi connectivity index (χ0) is 24.8. The highest BCUT2D eigenvalue weighted by atomic mass is 32.2. The number of sulfonamides is 1. The number of carbonyl (C=O) groups excluding carboxylic acids is 1. The fourth-order valence-corrected chi connectivity index (χ4v) is 5.39. The van der Waals surface area contributed by atoms with Gasteiger partial charge in [0.05, 0.1) is 12.0 Å². The average molecular weight is 499 g/mol. The number of nitrogens with zero attached hydrogens (tertiary/aromatic N) is 3. The summed E-state index contributed by atoms with van der Waals surface area (Å²) in [4.78, 5) is 17.0. The molecule has 35 heavy (non-hydrogen) atoms. The molecule has 9 nitrogen and oxygen atoms in total. The summed E-state index contributed by atoms with van der Waals surface area (Å²) in [5.74, 6) is 2.08. The van der Waals surface area contributed by atoms with Crippen molar-refractivity contribution in [3.05, 3.63) is 54.4 Å². The summed E-state index contributed by atoms with van der Waals surface area (Å²) in [6.45, 7) is 3.23. The highest BCUT2D eigenvalue weighted by Crippen LogP contribution is 2.24. The molecule has 0 radical (unpaired) electrons. The van der Waals surface area contributed by atoms with E-state index in [0.29, 0.717) is 49.3 Å². The van der Waals surface area contributed by atoms with Gasteiger partial charge in [0.2, 0.25) is 27.6 Å². The molecule has 0 aliphatic carbocycles. The Labute approximate surface area is 205 Å². The smallest absolute Gasteiger partial charge is 0.243 e. The van der Waals surface area contributed by atoms with Crippen molar-refractivity contribution in [2.45, 2.75) is 43.9 Å². The van der Waals surface area contributed by atoms with Crippen molar-refractivity contribution >= 4 is 21.6 Å². The maximum absolute atomic E-state index is 12.8. The first-order chi connectivity index (χ1) is 16.8. The number of amides is 1. The number of hydrogen-bond acceptors (Lipinski definition) is 7. The van der Waals surface area contributed by atoms with Gasteiger partial charge in [-0.2, -0.15) is 9.29 Å². The number of anilines is 1. The minimum absolute atomic E-state index is 0.166. The van der Waals surface area contributed by atoms with Gasteiger partial charge in [0.25, 0.3) is 0 Å². The number of benzene rings is 2. The van der Waals surface area contributed by atoms with E-state index in [1.165, 1.54) is 4.31 Å². The minimum atomic E-state index is -3.51. The van der Waals surface area contributed by atoms with Crippen LogP contribution in [0.3, 0.4) is 0 Å². The average Bonchev–Trinajstić information content (AvgIpc) is 3.33. The van der Waals surface area contributed by atoms with Crippen molar-refractivity contribution in [3.8, 4) is 17.1 Å². The first-order valence-corrected chi connectivity index (χ1v) is 13.2. The van der Waals surface area contributed by atoms with E-state index >= 15 is 0 Å². The molecule has 1 saturated heterocycles. The van der Waals surface area contributed by atoms with Gasteiger partial charge in [0.1, 0.15) is 5.75 Å². The number of rotatable bonds is 9. The Hall–Kier alpha value is -3.24. The monoisotopic (exact) mass is 498 g/mol. The molecule has 186 valence electrons. The lowest BCUT2D eigenvalue weighted by Crippen LogP contribution is -2.37. The highest BCUT2D eigenvalue weighted by molar-refractivity contribution is 7.89. The Bertz CT molecular complexity index is 1230. The van der Waals surface area contributed by atoms with E-state index in [2.05, 4.69) is 22.4 Å². The predicted molar refractivity (Wildman–Crippen MR) is 131 cm³/mol. The molecular formula is C25H30N4O5S. The Morgan fingerprint density at radius 2 is 1.80 bits per heavy atom. The number of methoxy groups -OCH3 is 1. The highest BCUT2D eigenvalue weighted by Gasteiger charge is 2.27. The van der Waals surface area contributed by atoms with Crippen molar-refractivity contribution in [1.29, 1.82) is 0 Å². The molecule has 1 aliphatic rings. The van der Waals surface area contributed by atoms with Gasteiger partial charge in [-0.1, -0.05) is 12.1 Å². The molecule has 0 bridgehead atoms. The molecule has 1 N–H and O–H groups in total. The van der Waals surface area contributed by atoms with Crippen molar-refractivity contribution in [3.63, 3.8) is 0 Å². The number of aromatic nitrogens is 2. The third kappa shape index (κ3) is 6.26. The van der Waals surface area contributed by atoms with Crippen molar-refractivity contribution in [2.24, 2.45) is 5.92 Å². The summed E-state index contributed by atoms with van der Waals surface area (Å²) in [6.07, 6.45) is 3.03. The second-order valence-electron chi connectivity index (χ2n) is 8.75. The molecule has 4 rings (SSSR count).